The van der Waals surface area contributed by atoms with E-state index in [0.717, 1.165) is 6.07 Å². The predicted octanol–water partition coefficient (Wildman–Crippen LogP) is 12.5. The van der Waals surface area contributed by atoms with Gasteiger partial charge in [-0.25, -0.2) is 0 Å². The summed E-state index contributed by atoms with van der Waals surface area (Å²) in [6, 6.07) is -23.4. The third-order valence-corrected chi connectivity index (χ3v) is 7.26. The lowest BCUT2D eigenvalue weighted by atomic mass is 9.84. The molecule has 44 heavy (non-hydrogen) atoms. The van der Waals surface area contributed by atoms with E-state index in [0.29, 0.717) is 0 Å². The molecular weight excluding hydrogens is 528 g/mol. The molecule has 0 saturated heterocycles. The molecule has 0 nitrogen and oxygen atoms in total. The van der Waals surface area contributed by atoms with Crippen LogP contribution in [0.2, 0.25) is 0 Å². The molecule has 0 fully saturated rings. The molecule has 0 amide bonds. The van der Waals surface area contributed by atoms with Gasteiger partial charge in [-0.05, 0) is 93.3 Å². The molecule has 9 aromatic rings. The quantitative estimate of drug-likeness (QED) is 0.143. The third-order valence-electron chi connectivity index (χ3n) is 7.26. The van der Waals surface area contributed by atoms with E-state index in [1.54, 1.807) is 0 Å². The Bertz CT molecular complexity index is 3960. The van der Waals surface area contributed by atoms with Gasteiger partial charge in [-0.2, -0.15) is 0 Å². The normalized spacial score (nSPS) is 20.2. The van der Waals surface area contributed by atoms with Crippen LogP contribution in [0, 0.1) is 0 Å². The van der Waals surface area contributed by atoms with Gasteiger partial charge >= 0.3 is 0 Å². The van der Waals surface area contributed by atoms with E-state index in [2.05, 4.69) is 0 Å². The van der Waals surface area contributed by atoms with Crippen LogP contribution < -0.4 is 0 Å². The van der Waals surface area contributed by atoms with Crippen LogP contribution in [0.5, 0.6) is 0 Å². The summed E-state index contributed by atoms with van der Waals surface area (Å²) in [7, 11) is 0. The van der Waals surface area contributed by atoms with Crippen LogP contribution in [0.15, 0.2) is 169 Å². The lowest BCUT2D eigenvalue weighted by molar-refractivity contribution is 1.64. The number of hydrogen-bond acceptors (Lipinski definition) is 0. The molecule has 0 heteroatoms. The highest BCUT2D eigenvalue weighted by Gasteiger charge is 2.18. The van der Waals surface area contributed by atoms with E-state index in [-0.39, 0.29) is 5.39 Å². The fraction of sp³-hybridized carbons (Fsp3) is 0. The summed E-state index contributed by atoms with van der Waals surface area (Å²) >= 11 is 0. The first kappa shape index (κ1) is 9.91. The van der Waals surface area contributed by atoms with Crippen LogP contribution >= 0.6 is 0 Å². The lowest BCUT2D eigenvalue weighted by Gasteiger charge is -2.19. The Balaban J connectivity index is 1.58. The maximum absolute atomic E-state index is 9.64. The molecule has 0 N–H and O–H groups in total. The van der Waals surface area contributed by atoms with E-state index in [4.69, 9.17) is 23.3 Å². The molecular formula is C44H28. The predicted molar refractivity (Wildman–Crippen MR) is 190 cm³/mol. The molecule has 0 saturated carbocycles. The monoisotopic (exact) mass is 583 g/mol. The van der Waals surface area contributed by atoms with Crippen molar-refractivity contribution in [2.45, 2.75) is 0 Å². The van der Waals surface area contributed by atoms with Gasteiger partial charge in [0.2, 0.25) is 0 Å². The first-order valence-corrected chi connectivity index (χ1v) is 13.1. The summed E-state index contributed by atoms with van der Waals surface area (Å²) in [6.45, 7) is 0. The van der Waals surface area contributed by atoms with E-state index in [1.165, 1.54) is 0 Å². The molecule has 0 heterocycles. The van der Waals surface area contributed by atoms with Crippen LogP contribution in [0.4, 0.5) is 0 Å². The molecule has 204 valence electrons. The summed E-state index contributed by atoms with van der Waals surface area (Å²) in [4.78, 5) is 0. The molecule has 0 aromatic heterocycles. The van der Waals surface area contributed by atoms with Crippen molar-refractivity contribution < 1.29 is 37.0 Å². The van der Waals surface area contributed by atoms with Gasteiger partial charge in [0.15, 0.2) is 0 Å². The molecule has 9 rings (SSSR count). The summed E-state index contributed by atoms with van der Waals surface area (Å²) in [5.41, 5.74) is -4.41. The molecule has 9 aromatic carbocycles. The Kier molecular flexibility index (Phi) is 2.24. The van der Waals surface area contributed by atoms with Gasteiger partial charge in [0.05, 0.1) is 37.0 Å². The maximum atomic E-state index is 9.64. The zero-order valence-corrected chi connectivity index (χ0v) is 22.1. The second-order valence-corrected chi connectivity index (χ2v) is 9.58. The van der Waals surface area contributed by atoms with Gasteiger partial charge in [-0.3, -0.25) is 0 Å². The Hall–Kier alpha value is -5.72. The number of benzene rings is 9. The molecule has 0 aliphatic rings. The third kappa shape index (κ3) is 3.78. The van der Waals surface area contributed by atoms with Gasteiger partial charge in [-0.15, -0.1) is 0 Å². The minimum atomic E-state index is -1.10. The average molecular weight is 584 g/mol. The van der Waals surface area contributed by atoms with Crippen LogP contribution in [0.1, 0.15) is 37.0 Å². The standard InChI is InChI=1S/C44H28/c1-3-15-33-29(12-1)14-11-23-37(33)44-40-21-9-7-19-38(40)43(39-20-8-10-22-41(39)44)31-26-24-30(25-27-31)42-28-32-13-2-4-16-34(32)35-17-5-6-18-36(35)42/h1-28H/i1D,2D,3D,4D,5D,6D,7D,8D,9D,10D,11D,12D,13D,15D,16D,17D,18D,19D,20D,21D,22D,23D,24D,25D,26D,27D,28D. The van der Waals surface area contributed by atoms with Crippen molar-refractivity contribution in [3.8, 4) is 33.4 Å². The summed E-state index contributed by atoms with van der Waals surface area (Å²) in [6.07, 6.45) is 0. The minimum Gasteiger partial charge on any atom is -0.0616 e. The summed E-state index contributed by atoms with van der Waals surface area (Å²) in [5, 5.41) is -5.90. The molecule has 0 bridgehead atoms. The molecule has 0 atom stereocenters. The Morgan fingerprint density at radius 3 is 1.43 bits per heavy atom. The van der Waals surface area contributed by atoms with Gasteiger partial charge in [-0.1, -0.05) is 163 Å². The van der Waals surface area contributed by atoms with Crippen molar-refractivity contribution in [2.75, 3.05) is 0 Å². The zero-order chi connectivity index (χ0) is 52.5. The van der Waals surface area contributed by atoms with Gasteiger partial charge < -0.3 is 0 Å². The Labute approximate surface area is 294 Å². The number of rotatable bonds is 3. The van der Waals surface area contributed by atoms with E-state index < -0.39 is 245 Å². The van der Waals surface area contributed by atoms with Crippen LogP contribution in [0.3, 0.4) is 0 Å². The largest absolute Gasteiger partial charge is 0.0636 e. The van der Waals surface area contributed by atoms with E-state index in [1.807, 2.05) is 0 Å². The molecule has 0 unspecified atom stereocenters. The summed E-state index contributed by atoms with van der Waals surface area (Å²) in [5.74, 6) is 0. The summed E-state index contributed by atoms with van der Waals surface area (Å²) < 4.78 is 242. The van der Waals surface area contributed by atoms with Crippen molar-refractivity contribution in [3.63, 3.8) is 0 Å². The fourth-order valence-corrected chi connectivity index (χ4v) is 5.40. The van der Waals surface area contributed by atoms with Crippen molar-refractivity contribution in [1.82, 2.24) is 0 Å². The van der Waals surface area contributed by atoms with E-state index in [9.17, 15) is 13.7 Å². The topological polar surface area (TPSA) is 0 Å². The maximum Gasteiger partial charge on any atom is 0.0636 e. The van der Waals surface area contributed by atoms with Crippen LogP contribution in [0.25, 0.3) is 87.2 Å². The van der Waals surface area contributed by atoms with Crippen LogP contribution in [-0.2, 0) is 0 Å². The second kappa shape index (κ2) is 9.93. The van der Waals surface area contributed by atoms with Crippen molar-refractivity contribution in [2.24, 2.45) is 0 Å². The van der Waals surface area contributed by atoms with Crippen molar-refractivity contribution >= 4 is 53.9 Å². The first-order valence-electron chi connectivity index (χ1n) is 26.6. The van der Waals surface area contributed by atoms with Crippen molar-refractivity contribution in [1.29, 1.82) is 0 Å². The van der Waals surface area contributed by atoms with Gasteiger partial charge in [0.25, 0.3) is 0 Å². The first-order chi connectivity index (χ1) is 33.1. The van der Waals surface area contributed by atoms with Gasteiger partial charge in [0.1, 0.15) is 0 Å². The molecule has 0 spiro atoms. The minimum absolute atomic E-state index is 0.343. The molecule has 0 aliphatic carbocycles. The fourth-order valence-electron chi connectivity index (χ4n) is 5.40. The Morgan fingerprint density at radius 2 is 0.773 bits per heavy atom. The van der Waals surface area contributed by atoms with Crippen LogP contribution in [-0.4, -0.2) is 0 Å². The highest BCUT2D eigenvalue weighted by Crippen LogP contribution is 2.45. The van der Waals surface area contributed by atoms with Gasteiger partial charge in [0, 0.05) is 0 Å². The molecule has 0 aliphatic heterocycles. The van der Waals surface area contributed by atoms with E-state index >= 15 is 0 Å². The smallest absolute Gasteiger partial charge is 0.0616 e. The average Bonchev–Trinajstić information content (AvgIpc) is 3.34. The number of hydrogen-bond donors (Lipinski definition) is 0. The molecule has 0 radical (unpaired) electrons. The lowest BCUT2D eigenvalue weighted by Crippen LogP contribution is -1.91. The van der Waals surface area contributed by atoms with Crippen molar-refractivity contribution in [3.05, 3.63) is 169 Å². The highest BCUT2D eigenvalue weighted by molar-refractivity contribution is 6.23. The highest BCUT2D eigenvalue weighted by atomic mass is 14.2. The second-order valence-electron chi connectivity index (χ2n) is 9.58. The number of fused-ring (bicyclic) bond motifs is 6. The zero-order valence-electron chi connectivity index (χ0n) is 49.1. The SMILES string of the molecule is [2H]c1cc2c([2H])c([2H])c([2H])c([2H])c2c(-c2c3c([2H])c([2H])c([2H])c([2H])c3c(-c3c([2H])c([2H])c(-c4c([2H])c5c([2H])c([2H])c([2H])c([2H])c5c5c([2H])c([2H])c([2H])c([2H])c45)c([2H])c3[2H])c3c([2H])c([2H])c([2H])c([2H])c23)c1[2H]. The Morgan fingerprint density at radius 1 is 0.295 bits per heavy atom.